The van der Waals surface area contributed by atoms with Gasteiger partial charge in [-0.25, -0.2) is 0 Å². The number of hydrogen-bond acceptors (Lipinski definition) is 9. The molecule has 0 atom stereocenters. The van der Waals surface area contributed by atoms with Gasteiger partial charge in [-0.2, -0.15) is 0 Å². The fourth-order valence-corrected chi connectivity index (χ4v) is 5.56. The molecule has 0 unspecified atom stereocenters. The largest absolute Gasteiger partial charge is 1.20 e. The van der Waals surface area contributed by atoms with Crippen LogP contribution >= 0.6 is 0 Å². The van der Waals surface area contributed by atoms with Crippen LogP contribution in [0.15, 0.2) is 90.9 Å². The van der Waals surface area contributed by atoms with Crippen LogP contribution in [0.4, 0.5) is 0 Å². The van der Waals surface area contributed by atoms with Gasteiger partial charge in [-0.15, -0.1) is 0 Å². The van der Waals surface area contributed by atoms with Gasteiger partial charge in [-0.05, 0) is 94.6 Å². The summed E-state index contributed by atoms with van der Waals surface area (Å²) >= 11 is -3.25. The molecule has 0 aromatic carbocycles. The highest BCUT2D eigenvalue weighted by atomic mass is 27.3. The molecule has 0 amide bonds. The molecule has 204 valence electrons. The van der Waals surface area contributed by atoms with Crippen molar-refractivity contribution >= 4 is 49.2 Å². The number of carbonyl (C=O) groups excluding carboxylic acids is 3. The smallest absolute Gasteiger partial charge is 0.580 e. The van der Waals surface area contributed by atoms with Crippen LogP contribution in [0.3, 0.4) is 0 Å². The molecule has 0 aliphatic heterocycles. The molecule has 0 aliphatic rings. The predicted molar refractivity (Wildman–Crippen MR) is 152 cm³/mol. The molecule has 3 aromatic heterocycles. The summed E-state index contributed by atoms with van der Waals surface area (Å²) in [6.07, 6.45) is 9.47. The van der Waals surface area contributed by atoms with Crippen molar-refractivity contribution in [2.24, 2.45) is 0 Å². The standard InChI is InChI=1S/3C10H11NO2.Al/c3*1-7(12)10(8(2)13)9-3-5-11-6-4-9;/h3*3-6,12H,1-2H3;/q;;;+3/p-3/b3*10-7+;. The van der Waals surface area contributed by atoms with Gasteiger partial charge in [-0.3, -0.25) is 29.3 Å². The molecule has 0 fully saturated rings. The summed E-state index contributed by atoms with van der Waals surface area (Å²) in [7, 11) is 0. The lowest BCUT2D eigenvalue weighted by Crippen LogP contribution is -2.27. The van der Waals surface area contributed by atoms with Gasteiger partial charge in [0.05, 0.1) is 34.0 Å². The molecule has 0 radical (unpaired) electrons. The normalized spacial score (nSPS) is 12.8. The molecular weight excluding hydrogens is 525 g/mol. The minimum absolute atomic E-state index is 0.224. The molecule has 0 saturated heterocycles. The first-order valence-corrected chi connectivity index (χ1v) is 13.9. The molecule has 40 heavy (non-hydrogen) atoms. The zero-order chi connectivity index (χ0) is 29.2. The van der Waals surface area contributed by atoms with Gasteiger partial charge in [0.1, 0.15) is 0 Å². The molecule has 0 spiro atoms. The summed E-state index contributed by atoms with van der Waals surface area (Å²) in [6, 6.07) is 10.2. The van der Waals surface area contributed by atoms with Crippen LogP contribution in [0.1, 0.15) is 58.2 Å². The minimum Gasteiger partial charge on any atom is -0.580 e. The second-order valence-electron chi connectivity index (χ2n) is 8.81. The predicted octanol–water partition coefficient (Wildman–Crippen LogP) is 5.27. The van der Waals surface area contributed by atoms with Crippen LogP contribution < -0.4 is 0 Å². The van der Waals surface area contributed by atoms with Crippen LogP contribution in [0.5, 0.6) is 0 Å². The maximum absolute atomic E-state index is 12.6. The molecule has 3 heterocycles. The number of allylic oxidation sites excluding steroid dienone is 6. The molecule has 9 nitrogen and oxygen atoms in total. The van der Waals surface area contributed by atoms with E-state index in [-0.39, 0.29) is 34.6 Å². The van der Waals surface area contributed by atoms with E-state index in [1.807, 2.05) is 0 Å². The van der Waals surface area contributed by atoms with E-state index in [4.69, 9.17) is 11.4 Å². The number of rotatable bonds is 12. The number of aromatic nitrogens is 3. The number of carbonyl (C=O) groups is 3. The van der Waals surface area contributed by atoms with Gasteiger partial charge in [0.2, 0.25) is 0 Å². The Hall–Kier alpha value is -4.39. The van der Waals surface area contributed by atoms with Crippen LogP contribution in [-0.2, 0) is 25.7 Å². The third kappa shape index (κ3) is 7.82. The van der Waals surface area contributed by atoms with Crippen molar-refractivity contribution in [2.45, 2.75) is 41.5 Å². The van der Waals surface area contributed by atoms with Crippen molar-refractivity contribution in [1.82, 2.24) is 15.0 Å². The quantitative estimate of drug-likeness (QED) is 0.167. The Morgan fingerprint density at radius 3 is 0.900 bits per heavy atom. The lowest BCUT2D eigenvalue weighted by molar-refractivity contribution is -0.112. The van der Waals surface area contributed by atoms with Gasteiger partial charge >= 0.3 is 15.1 Å². The number of pyridine rings is 3. The fraction of sp³-hybridized carbons (Fsp3) is 0.200. The zero-order valence-corrected chi connectivity index (χ0v) is 24.5. The maximum Gasteiger partial charge on any atom is 1.20 e. The van der Waals surface area contributed by atoms with Crippen molar-refractivity contribution in [1.29, 1.82) is 0 Å². The van der Waals surface area contributed by atoms with E-state index in [0.717, 1.165) is 0 Å². The monoisotopic (exact) mass is 555 g/mol. The van der Waals surface area contributed by atoms with Gasteiger partial charge in [0.25, 0.3) is 0 Å². The van der Waals surface area contributed by atoms with E-state index in [9.17, 15) is 14.4 Å². The minimum atomic E-state index is -3.25. The third-order valence-electron chi connectivity index (χ3n) is 5.84. The van der Waals surface area contributed by atoms with E-state index >= 15 is 0 Å². The molecular formula is C30H30AlN3O6. The molecule has 0 saturated carbocycles. The summed E-state index contributed by atoms with van der Waals surface area (Å²) in [4.78, 5) is 49.9. The molecule has 10 heteroatoms. The Labute approximate surface area is 238 Å². The van der Waals surface area contributed by atoms with E-state index in [1.165, 1.54) is 20.8 Å². The van der Waals surface area contributed by atoms with Crippen molar-refractivity contribution in [3.63, 3.8) is 0 Å². The Kier molecular flexibility index (Phi) is 10.7. The highest BCUT2D eigenvalue weighted by Gasteiger charge is 2.46. The van der Waals surface area contributed by atoms with Crippen molar-refractivity contribution in [2.75, 3.05) is 0 Å². The average molecular weight is 556 g/mol. The first-order valence-electron chi connectivity index (χ1n) is 12.5. The molecule has 3 rings (SSSR count). The number of Topliss-reactive ketones (excluding diaryl/α,β-unsaturated/α-hetero) is 3. The topological polar surface area (TPSA) is 118 Å². The molecule has 0 N–H and O–H groups in total. The number of ketones is 3. The van der Waals surface area contributed by atoms with Gasteiger partial charge in [-0.1, -0.05) is 0 Å². The van der Waals surface area contributed by atoms with Crippen LogP contribution in [0, 0.1) is 0 Å². The highest BCUT2D eigenvalue weighted by molar-refractivity contribution is 6.39. The molecule has 0 bridgehead atoms. The Morgan fingerprint density at radius 1 is 0.475 bits per heavy atom. The SMILES string of the molecule is CC(=O)/C(=C(/C)[O][Al]([O]/C(C)=C(\C(C)=O)c1ccncc1)[O]/C(C)=C(\C(C)=O)c1ccncc1)c1ccncc1. The van der Waals surface area contributed by atoms with Crippen LogP contribution in [-0.4, -0.2) is 47.5 Å². The lowest BCUT2D eigenvalue weighted by Gasteiger charge is -2.21. The first-order chi connectivity index (χ1) is 19.1. The summed E-state index contributed by atoms with van der Waals surface area (Å²) < 4.78 is 18.7. The second-order valence-corrected chi connectivity index (χ2v) is 10.1. The number of nitrogens with zero attached hydrogens (tertiary/aromatic N) is 3. The summed E-state index contributed by atoms with van der Waals surface area (Å²) in [6.45, 7) is 9.24. The van der Waals surface area contributed by atoms with Crippen molar-refractivity contribution in [3.8, 4) is 0 Å². The molecule has 3 aromatic rings. The summed E-state index contributed by atoms with van der Waals surface area (Å²) in [5, 5.41) is 0. The van der Waals surface area contributed by atoms with E-state index in [0.29, 0.717) is 33.4 Å². The molecule has 0 aliphatic carbocycles. The van der Waals surface area contributed by atoms with Gasteiger partial charge in [0.15, 0.2) is 17.3 Å². The van der Waals surface area contributed by atoms with Crippen LogP contribution in [0.2, 0.25) is 0 Å². The van der Waals surface area contributed by atoms with E-state index in [1.54, 1.807) is 94.4 Å². The third-order valence-corrected chi connectivity index (χ3v) is 7.48. The van der Waals surface area contributed by atoms with Crippen molar-refractivity contribution < 1.29 is 25.7 Å². The van der Waals surface area contributed by atoms with E-state index in [2.05, 4.69) is 15.0 Å². The van der Waals surface area contributed by atoms with Crippen LogP contribution in [0.25, 0.3) is 16.7 Å². The second kappa shape index (κ2) is 14.1. The average Bonchev–Trinajstić information content (AvgIpc) is 2.90. The summed E-state index contributed by atoms with van der Waals surface area (Å²) in [5.41, 5.74) is 2.85. The lowest BCUT2D eigenvalue weighted by atomic mass is 10.0. The number of hydrogen-bond donors (Lipinski definition) is 0. The van der Waals surface area contributed by atoms with E-state index < -0.39 is 15.1 Å². The highest BCUT2D eigenvalue weighted by Crippen LogP contribution is 2.27. The Bertz CT molecular complexity index is 1290. The van der Waals surface area contributed by atoms with Crippen molar-refractivity contribution in [3.05, 3.63) is 108 Å². The first kappa shape index (κ1) is 30.2. The Morgan fingerprint density at radius 2 is 0.700 bits per heavy atom. The fourth-order valence-electron chi connectivity index (χ4n) is 4.20. The van der Waals surface area contributed by atoms with Gasteiger partial charge < -0.3 is 11.4 Å². The zero-order valence-electron chi connectivity index (χ0n) is 23.3. The summed E-state index contributed by atoms with van der Waals surface area (Å²) in [5.74, 6) is 0.155. The Balaban J connectivity index is 2.12. The van der Waals surface area contributed by atoms with Gasteiger partial charge in [0, 0.05) is 37.2 Å². The maximum atomic E-state index is 12.6.